The van der Waals surface area contributed by atoms with E-state index in [1.165, 1.54) is 33.0 Å². The molecule has 1 aliphatic rings. The van der Waals surface area contributed by atoms with Crippen LogP contribution in [-0.4, -0.2) is 6.21 Å². The van der Waals surface area contributed by atoms with E-state index in [2.05, 4.69) is 79.8 Å². The molecule has 0 atom stereocenters. The molecule has 0 aliphatic heterocycles. The van der Waals surface area contributed by atoms with Gasteiger partial charge in [-0.15, -0.1) is 0 Å². The van der Waals surface area contributed by atoms with Crippen molar-refractivity contribution in [1.29, 1.82) is 0 Å². The van der Waals surface area contributed by atoms with Gasteiger partial charge in [-0.1, -0.05) is 87.5 Å². The topological polar surface area (TPSA) is 24.4 Å². The average molecular weight is 367 g/mol. The largest absolute Gasteiger partial charge is 0.279 e. The summed E-state index contributed by atoms with van der Waals surface area (Å²) in [5.74, 6) is 0. The van der Waals surface area contributed by atoms with Crippen LogP contribution in [0.4, 0.5) is 5.69 Å². The first-order valence-electron chi connectivity index (χ1n) is 9.80. The van der Waals surface area contributed by atoms with E-state index in [1.54, 1.807) is 0 Å². The second-order valence-corrected chi connectivity index (χ2v) is 8.23. The fraction of sp³-hybridized carbons (Fsp3) is 0.192. The number of nitrogens with one attached hydrogen (secondary N) is 1. The summed E-state index contributed by atoms with van der Waals surface area (Å²) >= 11 is 0. The predicted octanol–water partition coefficient (Wildman–Crippen LogP) is 7.05. The highest BCUT2D eigenvalue weighted by molar-refractivity contribution is 6.05. The van der Waals surface area contributed by atoms with Crippen LogP contribution in [0.25, 0.3) is 16.3 Å². The van der Waals surface area contributed by atoms with Crippen molar-refractivity contribution in [3.05, 3.63) is 95.6 Å². The summed E-state index contributed by atoms with van der Waals surface area (Å²) in [6.07, 6.45) is 7.50. The Balaban J connectivity index is 1.82. The molecule has 4 rings (SSSR count). The van der Waals surface area contributed by atoms with Crippen molar-refractivity contribution in [2.45, 2.75) is 27.2 Å². The molecule has 140 valence electrons. The summed E-state index contributed by atoms with van der Waals surface area (Å²) in [4.78, 5) is 0. The van der Waals surface area contributed by atoms with Gasteiger partial charge in [-0.2, -0.15) is 5.10 Å². The van der Waals surface area contributed by atoms with Gasteiger partial charge in [-0.3, -0.25) is 5.43 Å². The first kappa shape index (κ1) is 18.2. The first-order chi connectivity index (χ1) is 13.5. The second kappa shape index (κ2) is 7.47. The highest BCUT2D eigenvalue weighted by Gasteiger charge is 2.24. The van der Waals surface area contributed by atoms with Gasteiger partial charge in [-0.25, -0.2) is 0 Å². The molecule has 2 nitrogen and oxygen atoms in total. The molecule has 28 heavy (non-hydrogen) atoms. The number of benzene rings is 3. The normalized spacial score (nSPS) is 14.4. The molecule has 0 saturated carbocycles. The summed E-state index contributed by atoms with van der Waals surface area (Å²) in [6.45, 7) is 6.84. The van der Waals surface area contributed by atoms with Crippen LogP contribution < -0.4 is 5.43 Å². The van der Waals surface area contributed by atoms with E-state index in [4.69, 9.17) is 0 Å². The fourth-order valence-electron chi connectivity index (χ4n) is 3.84. The summed E-state index contributed by atoms with van der Waals surface area (Å²) in [5, 5.41) is 7.02. The third kappa shape index (κ3) is 3.63. The Morgan fingerprint density at radius 1 is 0.893 bits per heavy atom. The lowest BCUT2D eigenvalue weighted by atomic mass is 9.81. The van der Waals surface area contributed by atoms with E-state index >= 15 is 0 Å². The SMILES string of the molecule is CC(C)(C)C1=C(c2ccc3ccccc3c2/C=N/Nc2ccccc2)CC=C1. The summed E-state index contributed by atoms with van der Waals surface area (Å²) in [7, 11) is 0. The lowest BCUT2D eigenvalue weighted by Gasteiger charge is -2.23. The molecule has 0 fully saturated rings. The molecule has 3 aromatic rings. The minimum absolute atomic E-state index is 0.116. The maximum atomic E-state index is 4.56. The van der Waals surface area contributed by atoms with Crippen molar-refractivity contribution < 1.29 is 0 Å². The molecule has 0 bridgehead atoms. The Hall–Kier alpha value is -3.13. The third-order valence-electron chi connectivity index (χ3n) is 5.20. The Labute approximate surface area is 167 Å². The molecule has 0 radical (unpaired) electrons. The second-order valence-electron chi connectivity index (χ2n) is 8.23. The molecular weight excluding hydrogens is 340 g/mol. The first-order valence-corrected chi connectivity index (χ1v) is 9.80. The number of hydrogen-bond acceptors (Lipinski definition) is 2. The van der Waals surface area contributed by atoms with E-state index in [9.17, 15) is 0 Å². The van der Waals surface area contributed by atoms with Crippen molar-refractivity contribution in [3.63, 3.8) is 0 Å². The maximum Gasteiger partial charge on any atom is 0.0561 e. The Bertz CT molecular complexity index is 1080. The zero-order valence-corrected chi connectivity index (χ0v) is 16.7. The Kier molecular flexibility index (Phi) is 4.87. The van der Waals surface area contributed by atoms with Gasteiger partial charge in [0.05, 0.1) is 11.9 Å². The van der Waals surface area contributed by atoms with Crippen molar-refractivity contribution in [3.8, 4) is 0 Å². The van der Waals surface area contributed by atoms with Gasteiger partial charge in [-0.05, 0) is 51.5 Å². The minimum Gasteiger partial charge on any atom is -0.279 e. The minimum atomic E-state index is 0.116. The number of para-hydroxylation sites is 1. The smallest absolute Gasteiger partial charge is 0.0561 e. The van der Waals surface area contributed by atoms with Crippen molar-refractivity contribution >= 4 is 28.2 Å². The van der Waals surface area contributed by atoms with Crippen LogP contribution in [0.15, 0.2) is 89.6 Å². The average Bonchev–Trinajstić information content (AvgIpc) is 3.19. The monoisotopic (exact) mass is 366 g/mol. The van der Waals surface area contributed by atoms with Gasteiger partial charge < -0.3 is 0 Å². The van der Waals surface area contributed by atoms with Crippen molar-refractivity contribution in [2.75, 3.05) is 5.43 Å². The lowest BCUT2D eigenvalue weighted by Crippen LogP contribution is -2.09. The maximum absolute atomic E-state index is 4.56. The molecule has 0 aromatic heterocycles. The standard InChI is InChI=1S/C26H26N2/c1-26(2,3)25-15-9-14-23(25)22-17-16-19-10-7-8-13-21(19)24(22)18-27-28-20-11-5-4-6-12-20/h4-13,15-18,28H,14H2,1-3H3/b27-18+. The van der Waals surface area contributed by atoms with Crippen LogP contribution in [0.5, 0.6) is 0 Å². The van der Waals surface area contributed by atoms with E-state index in [-0.39, 0.29) is 5.41 Å². The van der Waals surface area contributed by atoms with Crippen molar-refractivity contribution in [1.82, 2.24) is 0 Å². The number of hydrazone groups is 1. The quantitative estimate of drug-likeness (QED) is 0.388. The van der Waals surface area contributed by atoms with Crippen LogP contribution in [0.3, 0.4) is 0 Å². The van der Waals surface area contributed by atoms with Gasteiger partial charge in [0.15, 0.2) is 0 Å². The van der Waals surface area contributed by atoms with Crippen LogP contribution in [-0.2, 0) is 0 Å². The highest BCUT2D eigenvalue weighted by Crippen LogP contribution is 2.41. The molecule has 1 aliphatic carbocycles. The van der Waals surface area contributed by atoms with Gasteiger partial charge in [0.25, 0.3) is 0 Å². The number of rotatable bonds is 4. The number of allylic oxidation sites excluding steroid dienone is 4. The van der Waals surface area contributed by atoms with Gasteiger partial charge >= 0.3 is 0 Å². The molecule has 0 heterocycles. The summed E-state index contributed by atoms with van der Waals surface area (Å²) < 4.78 is 0. The number of fused-ring (bicyclic) bond motifs is 1. The van der Waals surface area contributed by atoms with E-state index < -0.39 is 0 Å². The molecule has 0 amide bonds. The molecule has 2 heteroatoms. The van der Waals surface area contributed by atoms with E-state index in [0.717, 1.165) is 12.1 Å². The van der Waals surface area contributed by atoms with Crippen LogP contribution in [0.2, 0.25) is 0 Å². The highest BCUT2D eigenvalue weighted by atomic mass is 15.3. The summed E-state index contributed by atoms with van der Waals surface area (Å²) in [5.41, 5.74) is 9.51. The number of anilines is 1. The third-order valence-corrected chi connectivity index (χ3v) is 5.20. The van der Waals surface area contributed by atoms with Gasteiger partial charge in [0, 0.05) is 5.56 Å². The van der Waals surface area contributed by atoms with Crippen LogP contribution >= 0.6 is 0 Å². The zero-order chi connectivity index (χ0) is 19.6. The molecule has 3 aromatic carbocycles. The zero-order valence-electron chi connectivity index (χ0n) is 16.7. The molecule has 0 spiro atoms. The Morgan fingerprint density at radius 2 is 1.64 bits per heavy atom. The van der Waals surface area contributed by atoms with Crippen LogP contribution in [0, 0.1) is 5.41 Å². The molecule has 0 saturated heterocycles. The predicted molar refractivity (Wildman–Crippen MR) is 122 cm³/mol. The molecular formula is C26H26N2. The van der Waals surface area contributed by atoms with Crippen molar-refractivity contribution in [2.24, 2.45) is 10.5 Å². The Morgan fingerprint density at radius 3 is 2.43 bits per heavy atom. The van der Waals surface area contributed by atoms with Gasteiger partial charge in [0.1, 0.15) is 0 Å². The summed E-state index contributed by atoms with van der Waals surface area (Å²) in [6, 6.07) is 23.0. The molecule has 0 unspecified atom stereocenters. The molecule has 1 N–H and O–H groups in total. The fourth-order valence-corrected chi connectivity index (χ4v) is 3.84. The lowest BCUT2D eigenvalue weighted by molar-refractivity contribution is 0.520. The number of nitrogens with zero attached hydrogens (tertiary/aromatic N) is 1. The van der Waals surface area contributed by atoms with E-state index in [1.807, 2.05) is 36.5 Å². The van der Waals surface area contributed by atoms with Gasteiger partial charge in [0.2, 0.25) is 0 Å². The van der Waals surface area contributed by atoms with E-state index in [0.29, 0.717) is 0 Å². The van der Waals surface area contributed by atoms with Crippen LogP contribution in [0.1, 0.15) is 38.3 Å². The number of hydrogen-bond donors (Lipinski definition) is 1.